The molecule has 0 aromatic carbocycles. The number of carbonyl (C=O) groups excluding carboxylic acids is 2. The molecule has 0 aliphatic rings. The molecule has 0 aliphatic carbocycles. The van der Waals surface area contributed by atoms with E-state index in [1.165, 1.54) is 7.05 Å². The number of ether oxygens (including phenoxy) is 2. The van der Waals surface area contributed by atoms with E-state index in [1.54, 1.807) is 11.6 Å². The van der Waals surface area contributed by atoms with E-state index in [1.807, 2.05) is 0 Å². The van der Waals surface area contributed by atoms with Crippen LogP contribution in [0.4, 0.5) is 4.79 Å². The minimum atomic E-state index is -3.98. The van der Waals surface area contributed by atoms with Crippen LogP contribution in [-0.4, -0.2) is 52.1 Å². The van der Waals surface area contributed by atoms with Gasteiger partial charge >= 0.3 is 22.3 Å². The number of rotatable bonds is 6. The van der Waals surface area contributed by atoms with Crippen LogP contribution in [0.2, 0.25) is 0 Å². The van der Waals surface area contributed by atoms with E-state index in [0.717, 1.165) is 11.4 Å². The highest BCUT2D eigenvalue weighted by molar-refractivity contribution is 7.87. The summed E-state index contributed by atoms with van der Waals surface area (Å²) in [6.45, 7) is 1.79. The Morgan fingerprint density at radius 3 is 2.41 bits per heavy atom. The van der Waals surface area contributed by atoms with Gasteiger partial charge in [0.2, 0.25) is 0 Å². The van der Waals surface area contributed by atoms with Gasteiger partial charge in [-0.15, -0.1) is 0 Å². The molecular weight excluding hydrogens is 252 g/mol. The Bertz CT molecular complexity index is 366. The van der Waals surface area contributed by atoms with E-state index in [2.05, 4.69) is 9.47 Å². The van der Waals surface area contributed by atoms with Gasteiger partial charge in [-0.2, -0.15) is 12.7 Å². The summed E-state index contributed by atoms with van der Waals surface area (Å²) < 4.78 is 34.1. The number of nitrogens with one attached hydrogen (secondary N) is 1. The fourth-order valence-corrected chi connectivity index (χ4v) is 1.61. The van der Waals surface area contributed by atoms with Gasteiger partial charge < -0.3 is 9.47 Å². The van der Waals surface area contributed by atoms with Crippen molar-refractivity contribution in [2.24, 2.45) is 0 Å². The summed E-state index contributed by atoms with van der Waals surface area (Å²) in [5, 5.41) is 0. The second-order valence-corrected chi connectivity index (χ2v) is 4.75. The first-order chi connectivity index (χ1) is 7.83. The molecule has 0 aromatic rings. The van der Waals surface area contributed by atoms with Gasteiger partial charge in [-0.3, -0.25) is 4.79 Å². The van der Waals surface area contributed by atoms with Crippen LogP contribution in [0.25, 0.3) is 0 Å². The minimum Gasteiger partial charge on any atom is -0.466 e. The first kappa shape index (κ1) is 15.7. The van der Waals surface area contributed by atoms with Crippen molar-refractivity contribution in [1.29, 1.82) is 0 Å². The average Bonchev–Trinajstić information content (AvgIpc) is 2.25. The topological polar surface area (TPSA) is 102 Å². The Morgan fingerprint density at radius 2 is 1.94 bits per heavy atom. The lowest BCUT2D eigenvalue weighted by Crippen LogP contribution is -2.42. The van der Waals surface area contributed by atoms with Gasteiger partial charge in [0.25, 0.3) is 0 Å². The van der Waals surface area contributed by atoms with Crippen molar-refractivity contribution >= 4 is 22.3 Å². The molecule has 17 heavy (non-hydrogen) atoms. The van der Waals surface area contributed by atoms with Crippen molar-refractivity contribution in [2.75, 3.05) is 27.3 Å². The van der Waals surface area contributed by atoms with E-state index in [4.69, 9.17) is 0 Å². The number of hydrogen-bond donors (Lipinski definition) is 1. The Morgan fingerprint density at radius 1 is 1.35 bits per heavy atom. The summed E-state index contributed by atoms with van der Waals surface area (Å²) in [4.78, 5) is 21.7. The van der Waals surface area contributed by atoms with Crippen molar-refractivity contribution in [3.8, 4) is 0 Å². The highest BCUT2D eigenvalue weighted by atomic mass is 32.2. The molecule has 0 spiro atoms. The van der Waals surface area contributed by atoms with Crippen LogP contribution in [0.1, 0.15) is 13.3 Å². The third-order valence-electron chi connectivity index (χ3n) is 1.74. The van der Waals surface area contributed by atoms with Gasteiger partial charge in [0, 0.05) is 13.6 Å². The lowest BCUT2D eigenvalue weighted by molar-refractivity contribution is -0.143. The standard InChI is InChI=1S/C8H16N2O6S/c1-4-16-7(11)5-6-10(2)17(13,14)9-8(12)15-3/h4-6H2,1-3H3,(H,9,12). The fraction of sp³-hybridized carbons (Fsp3) is 0.750. The lowest BCUT2D eigenvalue weighted by Gasteiger charge is -2.16. The predicted octanol–water partition coefficient (Wildman–Crippen LogP) is -0.528. The Labute approximate surface area is 100 Å². The number of methoxy groups -OCH3 is 1. The molecule has 0 heterocycles. The first-order valence-corrected chi connectivity index (χ1v) is 6.25. The number of nitrogens with zero attached hydrogens (tertiary/aromatic N) is 1. The molecule has 1 N–H and O–H groups in total. The molecule has 0 atom stereocenters. The maximum atomic E-state index is 11.4. The normalized spacial score (nSPS) is 11.1. The minimum absolute atomic E-state index is 0.0909. The zero-order valence-corrected chi connectivity index (χ0v) is 10.7. The van der Waals surface area contributed by atoms with Gasteiger partial charge in [-0.05, 0) is 6.92 Å². The summed E-state index contributed by atoms with van der Waals surface area (Å²) >= 11 is 0. The molecule has 0 aliphatic heterocycles. The van der Waals surface area contributed by atoms with Crippen LogP contribution in [-0.2, 0) is 24.5 Å². The van der Waals surface area contributed by atoms with Gasteiger partial charge in [-0.25, -0.2) is 9.52 Å². The highest BCUT2D eigenvalue weighted by Crippen LogP contribution is 1.97. The third kappa shape index (κ3) is 6.07. The summed E-state index contributed by atoms with van der Waals surface area (Å²) in [7, 11) is -1.71. The van der Waals surface area contributed by atoms with Crippen LogP contribution in [0.15, 0.2) is 0 Å². The van der Waals surface area contributed by atoms with Crippen molar-refractivity contribution < 1.29 is 27.5 Å². The average molecular weight is 268 g/mol. The Kier molecular flexibility index (Phi) is 6.51. The molecular formula is C8H16N2O6S. The molecule has 0 rings (SSSR count). The smallest absolute Gasteiger partial charge is 0.421 e. The molecule has 0 unspecified atom stereocenters. The van der Waals surface area contributed by atoms with Crippen molar-refractivity contribution in [3.05, 3.63) is 0 Å². The second-order valence-electron chi connectivity index (χ2n) is 2.98. The second kappa shape index (κ2) is 7.07. The van der Waals surface area contributed by atoms with Crippen LogP contribution in [0.3, 0.4) is 0 Å². The SMILES string of the molecule is CCOC(=O)CCN(C)S(=O)(=O)NC(=O)OC. The van der Waals surface area contributed by atoms with Crippen molar-refractivity contribution in [3.63, 3.8) is 0 Å². The summed E-state index contributed by atoms with van der Waals surface area (Å²) in [6.07, 6.45) is -1.18. The van der Waals surface area contributed by atoms with Gasteiger partial charge in [-0.1, -0.05) is 0 Å². The molecule has 8 nitrogen and oxygen atoms in total. The van der Waals surface area contributed by atoms with Gasteiger partial charge in [0.1, 0.15) is 0 Å². The van der Waals surface area contributed by atoms with Crippen LogP contribution >= 0.6 is 0 Å². The van der Waals surface area contributed by atoms with E-state index >= 15 is 0 Å². The zero-order chi connectivity index (χ0) is 13.5. The van der Waals surface area contributed by atoms with E-state index < -0.39 is 22.3 Å². The molecule has 0 radical (unpaired) electrons. The van der Waals surface area contributed by atoms with Crippen molar-refractivity contribution in [2.45, 2.75) is 13.3 Å². The van der Waals surface area contributed by atoms with E-state index in [-0.39, 0.29) is 19.6 Å². The van der Waals surface area contributed by atoms with Gasteiger partial charge in [0.15, 0.2) is 0 Å². The molecule has 0 saturated carbocycles. The summed E-state index contributed by atoms with van der Waals surface area (Å²) in [5.74, 6) is -0.507. The monoisotopic (exact) mass is 268 g/mol. The highest BCUT2D eigenvalue weighted by Gasteiger charge is 2.21. The number of esters is 1. The molecule has 9 heteroatoms. The molecule has 0 bridgehead atoms. The van der Waals surface area contributed by atoms with E-state index in [9.17, 15) is 18.0 Å². The summed E-state index contributed by atoms with van der Waals surface area (Å²) in [6, 6.07) is 0. The van der Waals surface area contributed by atoms with Crippen LogP contribution < -0.4 is 4.72 Å². The maximum absolute atomic E-state index is 11.4. The third-order valence-corrected chi connectivity index (χ3v) is 3.17. The number of hydrogen-bond acceptors (Lipinski definition) is 6. The Hall–Kier alpha value is -1.35. The molecule has 0 fully saturated rings. The molecule has 1 amide bonds. The number of carbonyl (C=O) groups is 2. The summed E-state index contributed by atoms with van der Waals surface area (Å²) in [5.41, 5.74) is 0. The lowest BCUT2D eigenvalue weighted by atomic mass is 10.4. The van der Waals surface area contributed by atoms with Crippen molar-refractivity contribution in [1.82, 2.24) is 9.03 Å². The predicted molar refractivity (Wildman–Crippen MR) is 58.3 cm³/mol. The zero-order valence-electron chi connectivity index (χ0n) is 9.93. The maximum Gasteiger partial charge on any atom is 0.421 e. The van der Waals surface area contributed by atoms with E-state index in [0.29, 0.717) is 0 Å². The van der Waals surface area contributed by atoms with Crippen LogP contribution in [0, 0.1) is 0 Å². The molecule has 100 valence electrons. The van der Waals surface area contributed by atoms with Gasteiger partial charge in [0.05, 0.1) is 20.1 Å². The largest absolute Gasteiger partial charge is 0.466 e. The van der Waals surface area contributed by atoms with Crippen LogP contribution in [0.5, 0.6) is 0 Å². The first-order valence-electron chi connectivity index (χ1n) is 4.81. The quantitative estimate of drug-likeness (QED) is 0.650. The molecule has 0 saturated heterocycles. The molecule has 0 aromatic heterocycles. The fourth-order valence-electron chi connectivity index (χ4n) is 0.827. The Balaban J connectivity index is 4.25. The number of amides is 1.